The number of pyridine rings is 1. The molecule has 3 rings (SSSR count). The smallest absolute Gasteiger partial charge is 0.338 e. The van der Waals surface area contributed by atoms with Crippen LogP contribution in [0.2, 0.25) is 5.02 Å². The number of ether oxygens (including phenoxy) is 2. The second-order valence-corrected chi connectivity index (χ2v) is 6.79. The molecule has 0 aliphatic heterocycles. The number of carbonyl (C=O) groups excluding carboxylic acids is 2. The zero-order valence-electron chi connectivity index (χ0n) is 16.5. The van der Waals surface area contributed by atoms with Crippen LogP contribution in [0, 0.1) is 0 Å². The van der Waals surface area contributed by atoms with Crippen molar-refractivity contribution in [3.8, 4) is 5.75 Å². The van der Waals surface area contributed by atoms with Crippen molar-refractivity contribution in [2.24, 2.45) is 0 Å². The second-order valence-electron chi connectivity index (χ2n) is 6.35. The largest absolute Gasteiger partial charge is 0.484 e. The number of halogens is 1. The van der Waals surface area contributed by atoms with Gasteiger partial charge in [0.05, 0.1) is 18.7 Å². The third-order valence-electron chi connectivity index (χ3n) is 4.23. The summed E-state index contributed by atoms with van der Waals surface area (Å²) < 4.78 is 10.6. The molecule has 3 aromatic rings. The molecule has 0 aliphatic rings. The maximum absolute atomic E-state index is 13.0. The molecule has 6 nitrogen and oxygen atoms in total. The molecule has 0 radical (unpaired) electrons. The number of hydrogen-bond acceptors (Lipinski definition) is 5. The van der Waals surface area contributed by atoms with Crippen LogP contribution in [0.5, 0.6) is 5.75 Å². The predicted octanol–water partition coefficient (Wildman–Crippen LogP) is 4.52. The van der Waals surface area contributed by atoms with Gasteiger partial charge in [-0.15, -0.1) is 0 Å². The maximum atomic E-state index is 13.0. The number of anilines is 1. The third-order valence-corrected chi connectivity index (χ3v) is 4.48. The Balaban J connectivity index is 1.78. The average molecular weight is 425 g/mol. The Hall–Kier alpha value is -3.38. The number of hydrogen-bond donors (Lipinski definition) is 0. The summed E-state index contributed by atoms with van der Waals surface area (Å²) in [5.74, 6) is -0.0929. The van der Waals surface area contributed by atoms with E-state index in [9.17, 15) is 9.59 Å². The first kappa shape index (κ1) is 21.3. The molecule has 7 heteroatoms. The van der Waals surface area contributed by atoms with Gasteiger partial charge in [0, 0.05) is 23.1 Å². The van der Waals surface area contributed by atoms with Crippen LogP contribution in [0.4, 0.5) is 5.69 Å². The van der Waals surface area contributed by atoms with Crippen LogP contribution in [0.1, 0.15) is 22.8 Å². The molecule has 0 atom stereocenters. The van der Waals surface area contributed by atoms with Crippen LogP contribution in [-0.2, 0) is 16.1 Å². The van der Waals surface area contributed by atoms with E-state index in [-0.39, 0.29) is 12.5 Å². The first-order chi connectivity index (χ1) is 14.6. The Morgan fingerprint density at radius 2 is 1.77 bits per heavy atom. The highest BCUT2D eigenvalue weighted by atomic mass is 35.5. The topological polar surface area (TPSA) is 68.7 Å². The van der Waals surface area contributed by atoms with Crippen molar-refractivity contribution in [1.29, 1.82) is 0 Å². The van der Waals surface area contributed by atoms with Gasteiger partial charge in [-0.2, -0.15) is 0 Å². The number of amides is 1. The summed E-state index contributed by atoms with van der Waals surface area (Å²) in [7, 11) is 0. The molecule has 0 aliphatic carbocycles. The quantitative estimate of drug-likeness (QED) is 0.497. The van der Waals surface area contributed by atoms with Gasteiger partial charge in [0.25, 0.3) is 5.91 Å². The van der Waals surface area contributed by atoms with Crippen molar-refractivity contribution in [2.45, 2.75) is 13.5 Å². The maximum Gasteiger partial charge on any atom is 0.338 e. The lowest BCUT2D eigenvalue weighted by Crippen LogP contribution is -2.34. The summed E-state index contributed by atoms with van der Waals surface area (Å²) in [5.41, 5.74) is 1.93. The first-order valence-corrected chi connectivity index (χ1v) is 9.79. The summed E-state index contributed by atoms with van der Waals surface area (Å²) in [6.45, 7) is 2.21. The fraction of sp³-hybridized carbons (Fsp3) is 0.174. The lowest BCUT2D eigenvalue weighted by molar-refractivity contribution is -0.120. The second kappa shape index (κ2) is 10.4. The predicted molar refractivity (Wildman–Crippen MR) is 115 cm³/mol. The number of carbonyl (C=O) groups is 2. The molecule has 0 fully saturated rings. The Morgan fingerprint density at radius 1 is 1.03 bits per heavy atom. The van der Waals surface area contributed by atoms with Crippen LogP contribution >= 0.6 is 11.6 Å². The molecule has 0 N–H and O–H groups in total. The average Bonchev–Trinajstić information content (AvgIpc) is 2.78. The van der Waals surface area contributed by atoms with Crippen molar-refractivity contribution in [3.05, 3.63) is 89.2 Å². The van der Waals surface area contributed by atoms with Gasteiger partial charge in [-0.3, -0.25) is 9.78 Å². The van der Waals surface area contributed by atoms with Gasteiger partial charge < -0.3 is 14.4 Å². The Labute approximate surface area is 180 Å². The van der Waals surface area contributed by atoms with Crippen LogP contribution in [0.25, 0.3) is 0 Å². The number of rotatable bonds is 8. The van der Waals surface area contributed by atoms with E-state index in [1.165, 1.54) is 0 Å². The van der Waals surface area contributed by atoms with E-state index >= 15 is 0 Å². The van der Waals surface area contributed by atoms with E-state index in [0.717, 1.165) is 5.56 Å². The Bertz CT molecular complexity index is 976. The van der Waals surface area contributed by atoms with Crippen LogP contribution in [-0.4, -0.2) is 30.1 Å². The fourth-order valence-electron chi connectivity index (χ4n) is 2.74. The third kappa shape index (κ3) is 5.81. The monoisotopic (exact) mass is 424 g/mol. The molecule has 30 heavy (non-hydrogen) atoms. The molecular formula is C23H21ClN2O4. The van der Waals surface area contributed by atoms with Gasteiger partial charge in [-0.1, -0.05) is 17.7 Å². The van der Waals surface area contributed by atoms with Crippen molar-refractivity contribution in [2.75, 3.05) is 18.1 Å². The van der Waals surface area contributed by atoms with E-state index in [2.05, 4.69) is 4.98 Å². The van der Waals surface area contributed by atoms with Crippen molar-refractivity contribution >= 4 is 29.2 Å². The molecule has 1 amide bonds. The van der Waals surface area contributed by atoms with E-state index in [1.807, 2.05) is 12.1 Å². The molecule has 2 aromatic carbocycles. The van der Waals surface area contributed by atoms with Crippen LogP contribution < -0.4 is 9.64 Å². The molecule has 0 bridgehead atoms. The van der Waals surface area contributed by atoms with Gasteiger partial charge in [0.15, 0.2) is 6.61 Å². The van der Waals surface area contributed by atoms with Crippen molar-refractivity contribution in [1.82, 2.24) is 4.98 Å². The molecule has 0 unspecified atom stereocenters. The molecule has 154 valence electrons. The highest BCUT2D eigenvalue weighted by Crippen LogP contribution is 2.20. The summed E-state index contributed by atoms with van der Waals surface area (Å²) >= 11 is 5.88. The molecular weight excluding hydrogens is 404 g/mol. The summed E-state index contributed by atoms with van der Waals surface area (Å²) in [6.07, 6.45) is 3.38. The van der Waals surface area contributed by atoms with Gasteiger partial charge in [0.2, 0.25) is 0 Å². The minimum Gasteiger partial charge on any atom is -0.484 e. The summed E-state index contributed by atoms with van der Waals surface area (Å²) in [5, 5.41) is 0.591. The van der Waals surface area contributed by atoms with Gasteiger partial charge in [-0.25, -0.2) is 4.79 Å². The first-order valence-electron chi connectivity index (χ1n) is 9.41. The lowest BCUT2D eigenvalue weighted by atomic mass is 10.1. The normalized spacial score (nSPS) is 10.3. The van der Waals surface area contributed by atoms with E-state index < -0.39 is 5.97 Å². The van der Waals surface area contributed by atoms with Crippen LogP contribution in [0.3, 0.4) is 0 Å². The number of esters is 1. The minimum atomic E-state index is -0.403. The molecule has 0 spiro atoms. The van der Waals surface area contributed by atoms with E-state index in [1.54, 1.807) is 72.7 Å². The zero-order chi connectivity index (χ0) is 21.3. The van der Waals surface area contributed by atoms with Crippen molar-refractivity contribution in [3.63, 3.8) is 0 Å². The van der Waals surface area contributed by atoms with Gasteiger partial charge in [0.1, 0.15) is 5.75 Å². The molecule has 0 saturated carbocycles. The summed E-state index contributed by atoms with van der Waals surface area (Å²) in [6, 6.07) is 17.2. The van der Waals surface area contributed by atoms with Gasteiger partial charge >= 0.3 is 5.97 Å². The number of benzene rings is 2. The fourth-order valence-corrected chi connectivity index (χ4v) is 2.87. The van der Waals surface area contributed by atoms with Crippen LogP contribution in [0.15, 0.2) is 73.1 Å². The lowest BCUT2D eigenvalue weighted by Gasteiger charge is -2.23. The molecule has 0 saturated heterocycles. The van der Waals surface area contributed by atoms with E-state index in [4.69, 9.17) is 21.1 Å². The highest BCUT2D eigenvalue weighted by Gasteiger charge is 2.18. The zero-order valence-corrected chi connectivity index (χ0v) is 17.2. The minimum absolute atomic E-state index is 0.151. The van der Waals surface area contributed by atoms with Gasteiger partial charge in [-0.05, 0) is 67.1 Å². The summed E-state index contributed by atoms with van der Waals surface area (Å²) in [4.78, 5) is 30.6. The SMILES string of the molecule is CCOC(=O)c1ccc(N(Cc2cccnc2)C(=O)COc2ccc(Cl)cc2)cc1. The number of aromatic nitrogens is 1. The Kier molecular flexibility index (Phi) is 7.40. The molecule has 1 aromatic heterocycles. The highest BCUT2D eigenvalue weighted by molar-refractivity contribution is 6.30. The standard InChI is InChI=1S/C23H21ClN2O4/c1-2-29-23(28)18-5-9-20(10-6-18)26(15-17-4-3-13-25-14-17)22(27)16-30-21-11-7-19(24)8-12-21/h3-14H,2,15-16H2,1H3. The van der Waals surface area contributed by atoms with Crippen molar-refractivity contribution < 1.29 is 19.1 Å². The van der Waals surface area contributed by atoms with E-state index in [0.29, 0.717) is 35.2 Å². The number of nitrogens with zero attached hydrogens (tertiary/aromatic N) is 2. The molecule has 1 heterocycles. The Morgan fingerprint density at radius 3 is 2.40 bits per heavy atom.